The first-order valence-corrected chi connectivity index (χ1v) is 17.2. The van der Waals surface area contributed by atoms with Gasteiger partial charge in [-0.1, -0.05) is 11.8 Å². The van der Waals surface area contributed by atoms with E-state index in [0.29, 0.717) is 45.2 Å². The van der Waals surface area contributed by atoms with Crippen molar-refractivity contribution in [2.24, 2.45) is 21.1 Å². The minimum Gasteiger partial charge on any atom is -0.464 e. The second-order valence-electron chi connectivity index (χ2n) is 13.5. The second kappa shape index (κ2) is 13.2. The van der Waals surface area contributed by atoms with Crippen LogP contribution in [0.4, 0.5) is 0 Å². The van der Waals surface area contributed by atoms with Gasteiger partial charge in [0.25, 0.3) is 11.5 Å². The Bertz CT molecular complexity index is 2920. The first kappa shape index (κ1) is 34.0. The first-order chi connectivity index (χ1) is 26.0. The number of imidazole rings is 1. The van der Waals surface area contributed by atoms with E-state index in [9.17, 15) is 24.0 Å². The van der Waals surface area contributed by atoms with Gasteiger partial charge in [-0.2, -0.15) is 0 Å². The van der Waals surface area contributed by atoms with Gasteiger partial charge in [0.2, 0.25) is 11.8 Å². The van der Waals surface area contributed by atoms with Gasteiger partial charge in [0.1, 0.15) is 11.3 Å². The number of hydrogen-bond donors (Lipinski definition) is 2. The van der Waals surface area contributed by atoms with Crippen LogP contribution in [0.5, 0.6) is 0 Å². The Morgan fingerprint density at radius 3 is 2.56 bits per heavy atom. The predicted octanol–water partition coefficient (Wildman–Crippen LogP) is 4.21. The van der Waals surface area contributed by atoms with Crippen molar-refractivity contribution in [3.05, 3.63) is 117 Å². The summed E-state index contributed by atoms with van der Waals surface area (Å²) in [5.74, 6) is 4.48. The number of nitrogens with zero attached hydrogens (tertiary/aromatic N) is 5. The lowest BCUT2D eigenvalue weighted by Crippen LogP contribution is -2.39. The number of furan rings is 1. The number of piperidine rings is 1. The number of pyridine rings is 3. The van der Waals surface area contributed by atoms with E-state index < -0.39 is 11.8 Å². The van der Waals surface area contributed by atoms with E-state index in [2.05, 4.69) is 32.4 Å². The SMILES string of the molecule is Cc1cc(-c2cn(C)c(=O)c3cc(-c4ccc(C(=O)NCC#Cc5ccc6occ(C7CCC(=O)NC7=O)c6c5)nc4)ncc23)cc2c1n(C)c(=O)n2C. The second-order valence-corrected chi connectivity index (χ2v) is 13.5. The summed E-state index contributed by atoms with van der Waals surface area (Å²) in [4.78, 5) is 71.9. The largest absolute Gasteiger partial charge is 0.464 e. The van der Waals surface area contributed by atoms with E-state index in [4.69, 9.17) is 4.42 Å². The van der Waals surface area contributed by atoms with E-state index >= 15 is 0 Å². The number of carbonyl (C=O) groups is 3. The van der Waals surface area contributed by atoms with Gasteiger partial charge in [-0.05, 0) is 73.0 Å². The standard InChI is InChI=1S/C41H33N7O6/c1-22-14-25(16-34-37(22)48(4)41(53)47(34)3)30-20-46(2)40(52)28-17-33(44-19-29(28)30)24-8-10-32(43-18-24)39(51)42-13-5-6-23-7-11-35-27(15-23)31(21-54-35)26-9-12-36(49)45-38(26)50/h7-8,10-11,14-21,26H,9,12-13H2,1-4H3,(H,42,51)(H,45,49,50). The van der Waals surface area contributed by atoms with Crippen LogP contribution < -0.4 is 21.9 Å². The summed E-state index contributed by atoms with van der Waals surface area (Å²) < 4.78 is 10.4. The molecule has 0 aliphatic carbocycles. The van der Waals surface area contributed by atoms with Crippen LogP contribution in [0.25, 0.3) is 55.2 Å². The highest BCUT2D eigenvalue weighted by Gasteiger charge is 2.30. The van der Waals surface area contributed by atoms with Crippen molar-refractivity contribution in [1.82, 2.24) is 34.3 Å². The molecule has 1 fully saturated rings. The van der Waals surface area contributed by atoms with Gasteiger partial charge < -0.3 is 14.3 Å². The topological polar surface area (TPSA) is 163 Å². The zero-order chi connectivity index (χ0) is 37.8. The fourth-order valence-electron chi connectivity index (χ4n) is 7.21. The lowest BCUT2D eigenvalue weighted by atomic mass is 9.90. The van der Waals surface area contributed by atoms with Gasteiger partial charge in [-0.25, -0.2) is 4.79 Å². The Hall–Kier alpha value is -7.07. The molecule has 54 heavy (non-hydrogen) atoms. The third-order valence-corrected chi connectivity index (χ3v) is 10.0. The Balaban J connectivity index is 0.988. The van der Waals surface area contributed by atoms with Crippen LogP contribution in [0.3, 0.4) is 0 Å². The molecule has 268 valence electrons. The Labute approximate surface area is 307 Å². The highest BCUT2D eigenvalue weighted by atomic mass is 16.3. The monoisotopic (exact) mass is 719 g/mol. The Kier molecular flexibility index (Phi) is 8.30. The quantitative estimate of drug-likeness (QED) is 0.198. The number of aromatic nitrogens is 5. The van der Waals surface area contributed by atoms with Crippen LogP contribution in [0.1, 0.15) is 45.9 Å². The number of benzene rings is 2. The Morgan fingerprint density at radius 1 is 0.944 bits per heavy atom. The average molecular weight is 720 g/mol. The molecular weight excluding hydrogens is 686 g/mol. The van der Waals surface area contributed by atoms with Gasteiger partial charge >= 0.3 is 5.69 Å². The van der Waals surface area contributed by atoms with Crippen LogP contribution in [0, 0.1) is 18.8 Å². The number of fused-ring (bicyclic) bond motifs is 3. The predicted molar refractivity (Wildman–Crippen MR) is 203 cm³/mol. The minimum absolute atomic E-state index is 0.0661. The van der Waals surface area contributed by atoms with Crippen LogP contribution in [-0.4, -0.2) is 47.9 Å². The molecule has 1 unspecified atom stereocenters. The third kappa shape index (κ3) is 5.83. The smallest absolute Gasteiger partial charge is 0.328 e. The molecule has 1 aliphatic heterocycles. The van der Waals surface area contributed by atoms with E-state index in [1.807, 2.05) is 25.1 Å². The molecule has 13 heteroatoms. The van der Waals surface area contributed by atoms with Crippen molar-refractivity contribution in [3.63, 3.8) is 0 Å². The summed E-state index contributed by atoms with van der Waals surface area (Å²) in [6.45, 7) is 2.03. The highest BCUT2D eigenvalue weighted by molar-refractivity contribution is 6.03. The maximum absolute atomic E-state index is 13.4. The lowest BCUT2D eigenvalue weighted by molar-refractivity contribution is -0.134. The summed E-state index contributed by atoms with van der Waals surface area (Å²) >= 11 is 0. The van der Waals surface area contributed by atoms with Crippen molar-refractivity contribution in [2.45, 2.75) is 25.7 Å². The number of amides is 3. The van der Waals surface area contributed by atoms with Crippen LogP contribution in [0.15, 0.2) is 87.4 Å². The molecule has 7 aromatic rings. The molecule has 13 nitrogen and oxygen atoms in total. The van der Waals surface area contributed by atoms with Crippen molar-refractivity contribution in [3.8, 4) is 34.2 Å². The van der Waals surface area contributed by atoms with Crippen LogP contribution in [-0.2, 0) is 30.7 Å². The van der Waals surface area contributed by atoms with Crippen molar-refractivity contribution in [1.29, 1.82) is 0 Å². The summed E-state index contributed by atoms with van der Waals surface area (Å²) in [6, 6.07) is 14.4. The van der Waals surface area contributed by atoms with E-state index in [-0.39, 0.29) is 41.7 Å². The zero-order valence-corrected chi connectivity index (χ0v) is 29.8. The molecule has 2 N–H and O–H groups in total. The lowest BCUT2D eigenvalue weighted by Gasteiger charge is -2.19. The molecule has 1 saturated heterocycles. The molecule has 0 spiro atoms. The van der Waals surface area contributed by atoms with Crippen LogP contribution in [0.2, 0.25) is 0 Å². The number of nitrogens with one attached hydrogen (secondary N) is 2. The fourth-order valence-corrected chi connectivity index (χ4v) is 7.21. The molecule has 0 radical (unpaired) electrons. The first-order valence-electron chi connectivity index (χ1n) is 17.2. The maximum Gasteiger partial charge on any atom is 0.328 e. The summed E-state index contributed by atoms with van der Waals surface area (Å²) in [7, 11) is 5.20. The Morgan fingerprint density at radius 2 is 1.78 bits per heavy atom. The molecule has 1 aliphatic rings. The molecule has 1 atom stereocenters. The number of hydrogen-bond acceptors (Lipinski definition) is 8. The molecule has 8 rings (SSSR count). The van der Waals surface area contributed by atoms with E-state index in [0.717, 1.165) is 33.1 Å². The molecule has 6 heterocycles. The number of aryl methyl sites for hydroxylation is 4. The minimum atomic E-state index is -0.479. The maximum atomic E-state index is 13.4. The highest BCUT2D eigenvalue weighted by Crippen LogP contribution is 2.34. The van der Waals surface area contributed by atoms with Gasteiger partial charge in [0, 0.05) is 79.2 Å². The molecule has 3 amide bonds. The van der Waals surface area contributed by atoms with Crippen LogP contribution >= 0.6 is 0 Å². The summed E-state index contributed by atoms with van der Waals surface area (Å²) in [5, 5.41) is 7.04. The van der Waals surface area contributed by atoms with Gasteiger partial charge in [-0.3, -0.25) is 43.6 Å². The molecule has 0 bridgehead atoms. The van der Waals surface area contributed by atoms with Crippen molar-refractivity contribution in [2.75, 3.05) is 6.54 Å². The number of imide groups is 1. The summed E-state index contributed by atoms with van der Waals surface area (Å²) in [5.41, 5.74) is 7.28. The molecule has 5 aromatic heterocycles. The van der Waals surface area contributed by atoms with Gasteiger partial charge in [0.15, 0.2) is 0 Å². The summed E-state index contributed by atoms with van der Waals surface area (Å²) in [6.07, 6.45) is 7.22. The normalized spacial score (nSPS) is 14.3. The molecule has 0 saturated carbocycles. The zero-order valence-electron chi connectivity index (χ0n) is 29.8. The van der Waals surface area contributed by atoms with Gasteiger partial charge in [-0.15, -0.1) is 0 Å². The van der Waals surface area contributed by atoms with E-state index in [1.165, 1.54) is 10.8 Å². The average Bonchev–Trinajstić information content (AvgIpc) is 3.68. The van der Waals surface area contributed by atoms with Crippen molar-refractivity contribution < 1.29 is 18.8 Å². The third-order valence-electron chi connectivity index (χ3n) is 10.0. The number of carbonyl (C=O) groups excluding carboxylic acids is 3. The van der Waals surface area contributed by atoms with E-state index in [1.54, 1.807) is 79.3 Å². The molecular formula is C41H33N7O6. The number of rotatable bonds is 5. The van der Waals surface area contributed by atoms with Crippen molar-refractivity contribution >= 4 is 50.5 Å². The van der Waals surface area contributed by atoms with Gasteiger partial charge in [0.05, 0.1) is 40.8 Å². The molecule has 2 aromatic carbocycles. The fraction of sp³-hybridized carbons (Fsp3) is 0.195.